The molecule has 0 aliphatic carbocycles. The Balaban J connectivity index is 1.56. The lowest BCUT2D eigenvalue weighted by molar-refractivity contribution is 0.0708. The highest BCUT2D eigenvalue weighted by atomic mass is 19.1. The summed E-state index contributed by atoms with van der Waals surface area (Å²) in [4.78, 5) is 23.5. The number of ether oxygens (including phenoxy) is 1. The maximum absolute atomic E-state index is 13.7. The summed E-state index contributed by atoms with van der Waals surface area (Å²) in [5, 5.41) is 0. The summed E-state index contributed by atoms with van der Waals surface area (Å²) in [6.45, 7) is 2.15. The zero-order valence-electron chi connectivity index (χ0n) is 15.9. The van der Waals surface area contributed by atoms with Crippen LogP contribution in [0, 0.1) is 12.7 Å². The van der Waals surface area contributed by atoms with Crippen molar-refractivity contribution < 1.29 is 13.9 Å². The molecule has 0 saturated carbocycles. The Morgan fingerprint density at radius 1 is 1.31 bits per heavy atom. The summed E-state index contributed by atoms with van der Waals surface area (Å²) in [5.41, 5.74) is 10.1. The second-order valence-corrected chi connectivity index (χ2v) is 7.17. The summed E-state index contributed by atoms with van der Waals surface area (Å²) >= 11 is 0. The predicted molar refractivity (Wildman–Crippen MR) is 106 cm³/mol. The molecule has 0 radical (unpaired) electrons. The lowest BCUT2D eigenvalue weighted by atomic mass is 10.1. The average molecular weight is 391 g/mol. The number of rotatable bonds is 2. The van der Waals surface area contributed by atoms with Crippen LogP contribution >= 0.6 is 0 Å². The van der Waals surface area contributed by atoms with Gasteiger partial charge in [-0.15, -0.1) is 0 Å². The van der Waals surface area contributed by atoms with Crippen LogP contribution in [0.5, 0.6) is 5.75 Å². The molecule has 0 fully saturated rings. The molecule has 2 N–H and O–H groups in total. The van der Waals surface area contributed by atoms with E-state index in [9.17, 15) is 9.18 Å². The smallest absolute Gasteiger partial charge is 0.254 e. The van der Waals surface area contributed by atoms with E-state index in [-0.39, 0.29) is 24.4 Å². The quantitative estimate of drug-likeness (QED) is 0.567. The Labute approximate surface area is 165 Å². The van der Waals surface area contributed by atoms with Gasteiger partial charge < -0.3 is 15.4 Å². The van der Waals surface area contributed by atoms with E-state index in [1.54, 1.807) is 42.5 Å². The Morgan fingerprint density at radius 3 is 2.97 bits per heavy atom. The third-order valence-corrected chi connectivity index (χ3v) is 5.43. The number of carbonyl (C=O) groups excluding carboxylic acids is 1. The fourth-order valence-electron chi connectivity index (χ4n) is 3.89. The second-order valence-electron chi connectivity index (χ2n) is 7.17. The van der Waals surface area contributed by atoms with Gasteiger partial charge in [-0.1, -0.05) is 0 Å². The van der Waals surface area contributed by atoms with E-state index < -0.39 is 0 Å². The first-order valence-corrected chi connectivity index (χ1v) is 9.16. The molecule has 5 rings (SSSR count). The summed E-state index contributed by atoms with van der Waals surface area (Å²) in [7, 11) is 1.69. The number of benzene rings is 2. The van der Waals surface area contributed by atoms with Crippen LogP contribution in [-0.4, -0.2) is 38.8 Å². The predicted octanol–water partition coefficient (Wildman–Crippen LogP) is 3.12. The number of aromatic nitrogens is 3. The highest BCUT2D eigenvalue weighted by Crippen LogP contribution is 2.36. The summed E-state index contributed by atoms with van der Waals surface area (Å²) in [6, 6.07) is 9.25. The number of fused-ring (bicyclic) bond motifs is 4. The van der Waals surface area contributed by atoms with Gasteiger partial charge in [-0.2, -0.15) is 0 Å². The number of carbonyl (C=O) groups is 1. The Morgan fingerprint density at radius 2 is 2.14 bits per heavy atom. The molecule has 2 aromatic heterocycles. The number of halogens is 1. The van der Waals surface area contributed by atoms with E-state index in [1.165, 1.54) is 12.1 Å². The van der Waals surface area contributed by atoms with Crippen molar-refractivity contribution in [2.75, 3.05) is 19.4 Å². The van der Waals surface area contributed by atoms with Crippen molar-refractivity contribution >= 4 is 28.3 Å². The molecule has 7 nitrogen and oxygen atoms in total. The van der Waals surface area contributed by atoms with Crippen LogP contribution in [0.1, 0.15) is 27.7 Å². The van der Waals surface area contributed by atoms with Crippen LogP contribution in [-0.2, 0) is 0 Å². The lowest BCUT2D eigenvalue weighted by Gasteiger charge is -2.24. The third kappa shape index (κ3) is 2.60. The standard InChI is InChI=1S/C21H18FN5O2/c1-11-19-20(23)25-15-5-3-12(7-16(15)27(19)10-24-11)21(28)26(2)17-9-29-18-6-4-13(22)8-14(17)18/h3-8,10,17H,9H2,1-2H3,(H2,23,25)/t17-/m1/s1. The van der Waals surface area contributed by atoms with Gasteiger partial charge in [0, 0.05) is 18.2 Å². The number of anilines is 1. The molecule has 0 saturated heterocycles. The van der Waals surface area contributed by atoms with Crippen molar-refractivity contribution in [3.63, 3.8) is 0 Å². The second kappa shape index (κ2) is 6.16. The molecule has 146 valence electrons. The minimum Gasteiger partial charge on any atom is -0.491 e. The zero-order valence-corrected chi connectivity index (χ0v) is 15.9. The number of nitrogen functional groups attached to an aromatic ring is 1. The Bertz CT molecular complexity index is 1300. The number of amides is 1. The molecule has 29 heavy (non-hydrogen) atoms. The van der Waals surface area contributed by atoms with Gasteiger partial charge in [0.15, 0.2) is 0 Å². The lowest BCUT2D eigenvalue weighted by Crippen LogP contribution is -2.32. The monoisotopic (exact) mass is 391 g/mol. The first-order chi connectivity index (χ1) is 13.9. The molecule has 4 aromatic rings. The SMILES string of the molecule is Cc1ncn2c1c(N)nc1ccc(C(=O)N(C)[C@@H]3COc4ccc(F)cc43)cc12. The van der Waals surface area contributed by atoms with Gasteiger partial charge in [-0.05, 0) is 43.3 Å². The van der Waals surface area contributed by atoms with E-state index in [1.807, 2.05) is 11.3 Å². The van der Waals surface area contributed by atoms with Crippen LogP contribution in [0.3, 0.4) is 0 Å². The molecule has 1 amide bonds. The molecular weight excluding hydrogens is 373 g/mol. The molecule has 2 aromatic carbocycles. The maximum Gasteiger partial charge on any atom is 0.254 e. The molecule has 1 aliphatic rings. The van der Waals surface area contributed by atoms with E-state index >= 15 is 0 Å². The number of hydrogen-bond donors (Lipinski definition) is 1. The van der Waals surface area contributed by atoms with Gasteiger partial charge in [0.25, 0.3) is 5.91 Å². The zero-order chi connectivity index (χ0) is 20.3. The minimum absolute atomic E-state index is 0.195. The number of aryl methyl sites for hydroxylation is 1. The summed E-state index contributed by atoms with van der Waals surface area (Å²) in [5.74, 6) is 0.446. The molecule has 8 heteroatoms. The fourth-order valence-corrected chi connectivity index (χ4v) is 3.89. The number of nitrogens with zero attached hydrogens (tertiary/aromatic N) is 4. The van der Waals surface area contributed by atoms with Crippen molar-refractivity contribution in [2.45, 2.75) is 13.0 Å². The van der Waals surface area contributed by atoms with Gasteiger partial charge in [0.05, 0.1) is 22.8 Å². The van der Waals surface area contributed by atoms with Crippen LogP contribution < -0.4 is 10.5 Å². The molecule has 0 unspecified atom stereocenters. The first-order valence-electron chi connectivity index (χ1n) is 9.16. The van der Waals surface area contributed by atoms with Gasteiger partial charge in [0.2, 0.25) is 0 Å². The van der Waals surface area contributed by atoms with E-state index in [0.717, 1.165) is 16.7 Å². The van der Waals surface area contributed by atoms with Crippen molar-refractivity contribution in [3.8, 4) is 5.75 Å². The Hall–Kier alpha value is -3.68. The molecule has 0 spiro atoms. The highest BCUT2D eigenvalue weighted by Gasteiger charge is 2.31. The number of hydrogen-bond acceptors (Lipinski definition) is 5. The van der Waals surface area contributed by atoms with E-state index in [4.69, 9.17) is 10.5 Å². The number of likely N-dealkylation sites (N-methyl/N-ethyl adjacent to an activating group) is 1. The summed E-state index contributed by atoms with van der Waals surface area (Å²) < 4.78 is 21.2. The average Bonchev–Trinajstić information content (AvgIpc) is 3.30. The van der Waals surface area contributed by atoms with Gasteiger partial charge in [-0.25, -0.2) is 14.4 Å². The fraction of sp³-hybridized carbons (Fsp3) is 0.190. The third-order valence-electron chi connectivity index (χ3n) is 5.43. The molecule has 1 atom stereocenters. The van der Waals surface area contributed by atoms with Crippen molar-refractivity contribution in [2.24, 2.45) is 0 Å². The minimum atomic E-state index is -0.357. The maximum atomic E-state index is 13.7. The largest absolute Gasteiger partial charge is 0.491 e. The van der Waals surface area contributed by atoms with Gasteiger partial charge in [-0.3, -0.25) is 9.20 Å². The van der Waals surface area contributed by atoms with Crippen LogP contribution in [0.15, 0.2) is 42.7 Å². The van der Waals surface area contributed by atoms with E-state index in [0.29, 0.717) is 28.2 Å². The number of nitrogens with two attached hydrogens (primary N) is 1. The van der Waals surface area contributed by atoms with Crippen molar-refractivity contribution in [1.82, 2.24) is 19.3 Å². The molecule has 0 bridgehead atoms. The van der Waals surface area contributed by atoms with Crippen LogP contribution in [0.4, 0.5) is 10.2 Å². The van der Waals surface area contributed by atoms with E-state index in [2.05, 4.69) is 9.97 Å². The van der Waals surface area contributed by atoms with Crippen molar-refractivity contribution in [3.05, 3.63) is 65.4 Å². The molecule has 1 aliphatic heterocycles. The molecular formula is C21H18FN5O2. The summed E-state index contributed by atoms with van der Waals surface area (Å²) in [6.07, 6.45) is 1.67. The molecule has 3 heterocycles. The Kier molecular flexibility index (Phi) is 3.70. The van der Waals surface area contributed by atoms with Crippen LogP contribution in [0.25, 0.3) is 16.6 Å². The normalized spacial score (nSPS) is 15.5. The van der Waals surface area contributed by atoms with Gasteiger partial charge >= 0.3 is 0 Å². The number of imidazole rings is 1. The van der Waals surface area contributed by atoms with Gasteiger partial charge in [0.1, 0.15) is 35.8 Å². The first kappa shape index (κ1) is 17.4. The van der Waals surface area contributed by atoms with Crippen LogP contribution in [0.2, 0.25) is 0 Å². The topological polar surface area (TPSA) is 85.8 Å². The van der Waals surface area contributed by atoms with Crippen molar-refractivity contribution in [1.29, 1.82) is 0 Å². The highest BCUT2D eigenvalue weighted by molar-refractivity contribution is 5.98.